The molecule has 8 nitrogen and oxygen atoms in total. The van der Waals surface area contributed by atoms with E-state index >= 15 is 0 Å². The lowest BCUT2D eigenvalue weighted by atomic mass is 9.72. The third-order valence-corrected chi connectivity index (χ3v) is 6.41. The molecule has 1 amide bonds. The summed E-state index contributed by atoms with van der Waals surface area (Å²) >= 11 is 5.83. The molecule has 0 saturated carbocycles. The molecular formula is C23H22ClN5O3. The predicted molar refractivity (Wildman–Crippen MR) is 120 cm³/mol. The Balaban J connectivity index is 1.23. The number of β-lactam (4-membered cyclic amide) rings is 1. The van der Waals surface area contributed by atoms with E-state index in [2.05, 4.69) is 20.2 Å². The zero-order valence-corrected chi connectivity index (χ0v) is 18.1. The number of amides is 1. The Labute approximate surface area is 189 Å². The van der Waals surface area contributed by atoms with Gasteiger partial charge in [0.05, 0.1) is 28.0 Å². The van der Waals surface area contributed by atoms with Crippen molar-refractivity contribution in [2.75, 3.05) is 24.5 Å². The molecule has 2 saturated heterocycles. The van der Waals surface area contributed by atoms with Gasteiger partial charge in [0, 0.05) is 38.1 Å². The summed E-state index contributed by atoms with van der Waals surface area (Å²) in [6, 6.07) is 10.5. The van der Waals surface area contributed by atoms with Gasteiger partial charge in [0.2, 0.25) is 5.91 Å². The fourth-order valence-corrected chi connectivity index (χ4v) is 4.21. The van der Waals surface area contributed by atoms with Gasteiger partial charge in [-0.1, -0.05) is 11.6 Å². The fraction of sp³-hybridized carbons (Fsp3) is 0.304. The quantitative estimate of drug-likeness (QED) is 0.600. The van der Waals surface area contributed by atoms with Crippen molar-refractivity contribution in [1.29, 1.82) is 0 Å². The number of rotatable bonds is 5. The maximum Gasteiger partial charge on any atom is 0.258 e. The van der Waals surface area contributed by atoms with E-state index in [1.807, 2.05) is 12.1 Å². The number of hydrogen-bond acceptors (Lipinski definition) is 6. The number of anilines is 1. The van der Waals surface area contributed by atoms with Crippen LogP contribution < -0.4 is 20.5 Å². The number of carbonyl (C=O) groups excluding carboxylic acids is 1. The van der Waals surface area contributed by atoms with Crippen LogP contribution in [0.1, 0.15) is 18.5 Å². The van der Waals surface area contributed by atoms with Crippen LogP contribution in [0.4, 0.5) is 5.82 Å². The number of nitrogens with one attached hydrogen (secondary N) is 1. The molecule has 2 aliphatic heterocycles. The van der Waals surface area contributed by atoms with Gasteiger partial charge in [0.1, 0.15) is 18.2 Å². The van der Waals surface area contributed by atoms with Crippen molar-refractivity contribution in [2.45, 2.75) is 19.4 Å². The average molecular weight is 452 g/mol. The Kier molecular flexibility index (Phi) is 5.30. The highest BCUT2D eigenvalue weighted by Gasteiger charge is 2.47. The number of aromatic nitrogens is 3. The molecule has 0 radical (unpaired) electrons. The van der Waals surface area contributed by atoms with Crippen LogP contribution in [0.2, 0.25) is 5.02 Å². The van der Waals surface area contributed by atoms with Gasteiger partial charge in [-0.05, 0) is 43.2 Å². The highest BCUT2D eigenvalue weighted by Crippen LogP contribution is 2.37. The van der Waals surface area contributed by atoms with E-state index in [9.17, 15) is 9.59 Å². The number of piperidine rings is 1. The highest BCUT2D eigenvalue weighted by atomic mass is 35.5. The molecule has 5 rings (SSSR count). The Hall–Kier alpha value is -3.39. The van der Waals surface area contributed by atoms with E-state index in [0.29, 0.717) is 16.5 Å². The molecule has 1 spiro atoms. The molecule has 0 atom stereocenters. The SMILES string of the molecule is O=C1NCC12CCN(c1ccc(-n3ccc(OCc4ccc(Cl)cn4)cc3=O)cn1)CC2. The lowest BCUT2D eigenvalue weighted by molar-refractivity contribution is -0.141. The van der Waals surface area contributed by atoms with E-state index in [4.69, 9.17) is 16.3 Å². The van der Waals surface area contributed by atoms with Crippen LogP contribution >= 0.6 is 11.6 Å². The number of nitrogens with zero attached hydrogens (tertiary/aromatic N) is 4. The maximum atomic E-state index is 12.6. The first kappa shape index (κ1) is 20.5. The normalized spacial score (nSPS) is 17.0. The van der Waals surface area contributed by atoms with Crippen LogP contribution in [-0.2, 0) is 11.4 Å². The minimum absolute atomic E-state index is 0.169. The fourth-order valence-electron chi connectivity index (χ4n) is 4.10. The first-order chi connectivity index (χ1) is 15.5. The summed E-state index contributed by atoms with van der Waals surface area (Å²) in [5.41, 5.74) is 1.02. The van der Waals surface area contributed by atoms with E-state index < -0.39 is 0 Å². The van der Waals surface area contributed by atoms with E-state index in [-0.39, 0.29) is 23.5 Å². The monoisotopic (exact) mass is 451 g/mol. The second-order valence-corrected chi connectivity index (χ2v) is 8.59. The van der Waals surface area contributed by atoms with Crippen LogP contribution in [0.3, 0.4) is 0 Å². The number of carbonyl (C=O) groups is 1. The van der Waals surface area contributed by atoms with Crippen molar-refractivity contribution < 1.29 is 9.53 Å². The molecule has 0 bridgehead atoms. The Morgan fingerprint density at radius 2 is 1.91 bits per heavy atom. The number of pyridine rings is 3. The second-order valence-electron chi connectivity index (χ2n) is 8.15. The van der Waals surface area contributed by atoms with Gasteiger partial charge in [-0.15, -0.1) is 0 Å². The minimum atomic E-state index is -0.211. The van der Waals surface area contributed by atoms with Crippen molar-refractivity contribution in [3.63, 3.8) is 0 Å². The smallest absolute Gasteiger partial charge is 0.258 e. The number of ether oxygens (including phenoxy) is 1. The molecule has 1 N–H and O–H groups in total. The summed E-state index contributed by atoms with van der Waals surface area (Å²) in [6.45, 7) is 2.63. The summed E-state index contributed by atoms with van der Waals surface area (Å²) < 4.78 is 7.19. The summed E-state index contributed by atoms with van der Waals surface area (Å²) in [4.78, 5) is 35.3. The molecule has 0 unspecified atom stereocenters. The second kappa shape index (κ2) is 8.27. The number of halogens is 1. The minimum Gasteiger partial charge on any atom is -0.487 e. The van der Waals surface area contributed by atoms with Gasteiger partial charge in [-0.3, -0.25) is 19.1 Å². The zero-order valence-electron chi connectivity index (χ0n) is 17.3. The third-order valence-electron chi connectivity index (χ3n) is 6.19. The van der Waals surface area contributed by atoms with Crippen LogP contribution in [0.5, 0.6) is 5.75 Å². The topological polar surface area (TPSA) is 89.4 Å². The van der Waals surface area contributed by atoms with Gasteiger partial charge in [-0.2, -0.15) is 0 Å². The molecule has 2 fully saturated rings. The Morgan fingerprint density at radius 1 is 1.06 bits per heavy atom. The summed E-state index contributed by atoms with van der Waals surface area (Å²) in [6.07, 6.45) is 6.60. The van der Waals surface area contributed by atoms with Gasteiger partial charge in [-0.25, -0.2) is 4.98 Å². The molecule has 164 valence electrons. The molecule has 2 aliphatic rings. The van der Waals surface area contributed by atoms with Crippen LogP contribution in [0.15, 0.2) is 59.8 Å². The summed E-state index contributed by atoms with van der Waals surface area (Å²) in [5, 5.41) is 3.42. The zero-order chi connectivity index (χ0) is 22.1. The van der Waals surface area contributed by atoms with E-state index in [1.165, 1.54) is 10.6 Å². The lowest BCUT2D eigenvalue weighted by Gasteiger charge is -2.46. The van der Waals surface area contributed by atoms with Crippen molar-refractivity contribution in [2.24, 2.45) is 5.41 Å². The Bertz CT molecular complexity index is 1190. The van der Waals surface area contributed by atoms with E-state index in [1.54, 1.807) is 36.8 Å². The molecule has 9 heteroatoms. The number of hydrogen-bond donors (Lipinski definition) is 1. The third kappa shape index (κ3) is 3.93. The van der Waals surface area contributed by atoms with Crippen LogP contribution in [-0.4, -0.2) is 40.1 Å². The van der Waals surface area contributed by atoms with Gasteiger partial charge in [0.25, 0.3) is 5.56 Å². The van der Waals surface area contributed by atoms with Crippen LogP contribution in [0, 0.1) is 5.41 Å². The molecular weight excluding hydrogens is 430 g/mol. The molecule has 32 heavy (non-hydrogen) atoms. The lowest BCUT2D eigenvalue weighted by Crippen LogP contribution is -2.62. The van der Waals surface area contributed by atoms with Gasteiger partial charge >= 0.3 is 0 Å². The highest BCUT2D eigenvalue weighted by molar-refractivity contribution is 6.30. The maximum absolute atomic E-state index is 12.6. The van der Waals surface area contributed by atoms with Crippen molar-refractivity contribution in [3.05, 3.63) is 76.1 Å². The predicted octanol–water partition coefficient (Wildman–Crippen LogP) is 2.58. The first-order valence-corrected chi connectivity index (χ1v) is 10.9. The van der Waals surface area contributed by atoms with Crippen molar-refractivity contribution >= 4 is 23.3 Å². The van der Waals surface area contributed by atoms with Gasteiger partial charge in [0.15, 0.2) is 0 Å². The van der Waals surface area contributed by atoms with E-state index in [0.717, 1.165) is 44.0 Å². The average Bonchev–Trinajstić information content (AvgIpc) is 2.83. The molecule has 3 aromatic rings. The molecule has 3 aromatic heterocycles. The van der Waals surface area contributed by atoms with Crippen molar-refractivity contribution in [3.8, 4) is 11.4 Å². The first-order valence-electron chi connectivity index (χ1n) is 10.5. The molecule has 0 aromatic carbocycles. The largest absolute Gasteiger partial charge is 0.487 e. The molecule has 0 aliphatic carbocycles. The van der Waals surface area contributed by atoms with Crippen molar-refractivity contribution in [1.82, 2.24) is 19.9 Å². The Morgan fingerprint density at radius 3 is 2.50 bits per heavy atom. The summed E-state index contributed by atoms with van der Waals surface area (Å²) in [5.74, 6) is 1.50. The van der Waals surface area contributed by atoms with Gasteiger partial charge < -0.3 is 15.0 Å². The summed E-state index contributed by atoms with van der Waals surface area (Å²) in [7, 11) is 0. The molecule has 5 heterocycles. The van der Waals surface area contributed by atoms with Crippen LogP contribution in [0.25, 0.3) is 5.69 Å². The standard InChI is InChI=1S/C23H22ClN5O3/c24-16-1-2-17(25-12-16)14-32-19-5-8-29(21(30)11-19)18-3-4-20(26-13-18)28-9-6-23(7-10-28)15-27-22(23)31/h1-5,8,11-13H,6-7,9-10,14-15H2,(H,27,31).